The molecule has 6 nitrogen and oxygen atoms in total. The summed E-state index contributed by atoms with van der Waals surface area (Å²) in [5, 5.41) is 17.1. The number of rotatable bonds is 2. The molecule has 2 saturated carbocycles. The maximum absolute atomic E-state index is 10.4. The Morgan fingerprint density at radius 2 is 0.947 bits per heavy atom. The maximum atomic E-state index is 10.4. The molecule has 0 saturated heterocycles. The molecule has 2 fully saturated rings. The van der Waals surface area contributed by atoms with Crippen LogP contribution in [0.2, 0.25) is 0 Å². The van der Waals surface area contributed by atoms with Crippen LogP contribution in [-0.2, 0) is 26.7 Å². The predicted molar refractivity (Wildman–Crippen MR) is 66.0 cm³/mol. The summed E-state index contributed by atoms with van der Waals surface area (Å²) in [5.74, 6) is -1.69. The van der Waals surface area contributed by atoms with Crippen LogP contribution in [0, 0.1) is 0 Å². The van der Waals surface area contributed by atoms with Crippen LogP contribution in [0.1, 0.15) is 51.4 Å². The fourth-order valence-corrected chi connectivity index (χ4v) is 2.44. The molecule has 6 N–H and O–H groups in total. The minimum atomic E-state index is -0.889. The Morgan fingerprint density at radius 1 is 0.737 bits per heavy atom. The molecular formula is C12H22CuN2O4. The smallest absolute Gasteiger partial charge is 0.323 e. The molecule has 0 aromatic rings. The van der Waals surface area contributed by atoms with Crippen LogP contribution < -0.4 is 11.5 Å². The van der Waals surface area contributed by atoms with Crippen molar-refractivity contribution >= 4 is 11.9 Å². The fraction of sp³-hybridized carbons (Fsp3) is 0.833. The summed E-state index contributed by atoms with van der Waals surface area (Å²) in [6.07, 6.45) is 6.41. The van der Waals surface area contributed by atoms with Crippen LogP contribution in [0.25, 0.3) is 0 Å². The average Bonchev–Trinajstić information content (AvgIpc) is 2.90. The monoisotopic (exact) mass is 321 g/mol. The molecule has 0 aromatic carbocycles. The van der Waals surface area contributed by atoms with Gasteiger partial charge >= 0.3 is 11.9 Å². The molecule has 0 atom stereocenters. The summed E-state index contributed by atoms with van der Waals surface area (Å²) in [4.78, 5) is 20.8. The number of aliphatic carboxylic acids is 2. The Balaban J connectivity index is 0.000000324. The van der Waals surface area contributed by atoms with Gasteiger partial charge in [-0.15, -0.1) is 0 Å². The van der Waals surface area contributed by atoms with E-state index >= 15 is 0 Å². The van der Waals surface area contributed by atoms with Gasteiger partial charge in [0.1, 0.15) is 11.1 Å². The van der Waals surface area contributed by atoms with E-state index in [1.165, 1.54) is 0 Å². The molecule has 0 aliphatic heterocycles. The number of nitrogens with two attached hydrogens (primary N) is 2. The van der Waals surface area contributed by atoms with Crippen molar-refractivity contribution < 1.29 is 36.9 Å². The van der Waals surface area contributed by atoms with E-state index in [0.717, 1.165) is 25.7 Å². The van der Waals surface area contributed by atoms with E-state index in [4.69, 9.17) is 21.7 Å². The van der Waals surface area contributed by atoms with Gasteiger partial charge in [-0.25, -0.2) is 0 Å². The summed E-state index contributed by atoms with van der Waals surface area (Å²) < 4.78 is 0. The molecule has 0 spiro atoms. The maximum Gasteiger partial charge on any atom is 0.323 e. The number of carbonyl (C=O) groups is 2. The fourth-order valence-electron chi connectivity index (χ4n) is 2.44. The van der Waals surface area contributed by atoms with Crippen molar-refractivity contribution in [3.8, 4) is 0 Å². The van der Waals surface area contributed by atoms with Gasteiger partial charge in [0.15, 0.2) is 0 Å². The van der Waals surface area contributed by atoms with Crippen LogP contribution >= 0.6 is 0 Å². The largest absolute Gasteiger partial charge is 0.480 e. The standard InChI is InChI=1S/2C6H11NO2.Cu/c2*7-6(5(8)9)3-1-2-4-6;/h2*1-4,7H2,(H,8,9);. The third kappa shape index (κ3) is 4.76. The molecule has 2 aliphatic carbocycles. The molecule has 0 amide bonds. The minimum Gasteiger partial charge on any atom is -0.480 e. The third-order valence-corrected chi connectivity index (χ3v) is 3.84. The van der Waals surface area contributed by atoms with E-state index in [0.29, 0.717) is 25.7 Å². The quantitative estimate of drug-likeness (QED) is 0.554. The van der Waals surface area contributed by atoms with Gasteiger partial charge in [0.05, 0.1) is 0 Å². The summed E-state index contributed by atoms with van der Waals surface area (Å²) in [6.45, 7) is 0. The van der Waals surface area contributed by atoms with Crippen molar-refractivity contribution in [3.05, 3.63) is 0 Å². The van der Waals surface area contributed by atoms with Crippen LogP contribution in [0.15, 0.2) is 0 Å². The minimum absolute atomic E-state index is 0. The molecule has 115 valence electrons. The van der Waals surface area contributed by atoms with Crippen molar-refractivity contribution in [1.82, 2.24) is 0 Å². The van der Waals surface area contributed by atoms with Crippen molar-refractivity contribution in [3.63, 3.8) is 0 Å². The molecule has 1 radical (unpaired) electrons. The molecule has 7 heteroatoms. The van der Waals surface area contributed by atoms with E-state index in [-0.39, 0.29) is 17.1 Å². The molecular weight excluding hydrogens is 300 g/mol. The van der Waals surface area contributed by atoms with Gasteiger partial charge in [-0.3, -0.25) is 9.59 Å². The Kier molecular flexibility index (Phi) is 7.00. The Bertz CT molecular complexity index is 292. The number of carboxylic acid groups (broad SMARTS) is 2. The average molecular weight is 322 g/mol. The van der Waals surface area contributed by atoms with Crippen molar-refractivity contribution in [2.75, 3.05) is 0 Å². The van der Waals surface area contributed by atoms with Crippen LogP contribution in [-0.4, -0.2) is 33.2 Å². The van der Waals surface area contributed by atoms with Gasteiger partial charge < -0.3 is 21.7 Å². The second kappa shape index (κ2) is 7.24. The van der Waals surface area contributed by atoms with Gasteiger partial charge in [0.2, 0.25) is 0 Å². The molecule has 2 rings (SSSR count). The van der Waals surface area contributed by atoms with Crippen molar-refractivity contribution in [2.24, 2.45) is 11.5 Å². The van der Waals surface area contributed by atoms with E-state index in [9.17, 15) is 9.59 Å². The summed E-state index contributed by atoms with van der Waals surface area (Å²) in [6, 6.07) is 0. The van der Waals surface area contributed by atoms with Crippen LogP contribution in [0.3, 0.4) is 0 Å². The Morgan fingerprint density at radius 3 is 1.05 bits per heavy atom. The van der Waals surface area contributed by atoms with E-state index in [1.807, 2.05) is 0 Å². The number of hydrogen-bond acceptors (Lipinski definition) is 4. The third-order valence-electron chi connectivity index (χ3n) is 3.84. The first kappa shape index (κ1) is 18.4. The first-order valence-electron chi connectivity index (χ1n) is 6.35. The summed E-state index contributed by atoms with van der Waals surface area (Å²) in [7, 11) is 0. The van der Waals surface area contributed by atoms with Gasteiger partial charge in [0, 0.05) is 17.1 Å². The van der Waals surface area contributed by atoms with E-state index < -0.39 is 23.0 Å². The molecule has 19 heavy (non-hydrogen) atoms. The summed E-state index contributed by atoms with van der Waals surface area (Å²) >= 11 is 0. The van der Waals surface area contributed by atoms with Crippen molar-refractivity contribution in [1.29, 1.82) is 0 Å². The zero-order chi connectivity index (χ0) is 13.8. The normalized spacial score (nSPS) is 22.8. The Labute approximate surface area is 123 Å². The number of carboxylic acids is 2. The van der Waals surface area contributed by atoms with Gasteiger partial charge in [-0.05, 0) is 25.7 Å². The zero-order valence-corrected chi connectivity index (χ0v) is 11.8. The molecule has 2 aliphatic rings. The topological polar surface area (TPSA) is 127 Å². The van der Waals surface area contributed by atoms with Gasteiger partial charge in [-0.2, -0.15) is 0 Å². The first-order valence-corrected chi connectivity index (χ1v) is 6.35. The SMILES string of the molecule is NC1(C(=O)O)CCCC1.NC1(C(=O)O)CCCC1.[Cu]. The van der Waals surface area contributed by atoms with E-state index in [2.05, 4.69) is 0 Å². The molecule has 0 bridgehead atoms. The second-order valence-corrected chi connectivity index (χ2v) is 5.34. The first-order chi connectivity index (χ1) is 8.30. The number of hydrogen-bond donors (Lipinski definition) is 4. The van der Waals surface area contributed by atoms with Gasteiger partial charge in [0.25, 0.3) is 0 Å². The zero-order valence-electron chi connectivity index (χ0n) is 10.8. The molecule has 0 unspecified atom stereocenters. The molecule has 0 aromatic heterocycles. The van der Waals surface area contributed by atoms with Crippen LogP contribution in [0.5, 0.6) is 0 Å². The molecule has 0 heterocycles. The predicted octanol–water partition coefficient (Wildman–Crippen LogP) is 0.682. The summed E-state index contributed by atoms with van der Waals surface area (Å²) in [5.41, 5.74) is 9.23. The second-order valence-electron chi connectivity index (χ2n) is 5.34. The van der Waals surface area contributed by atoms with Crippen molar-refractivity contribution in [2.45, 2.75) is 62.4 Å². The van der Waals surface area contributed by atoms with Crippen LogP contribution in [0.4, 0.5) is 0 Å². The Hall–Kier alpha value is -0.621. The van der Waals surface area contributed by atoms with Gasteiger partial charge in [-0.1, -0.05) is 25.7 Å². The van der Waals surface area contributed by atoms with E-state index in [1.54, 1.807) is 0 Å².